The zero-order valence-electron chi connectivity index (χ0n) is 17.0. The molecule has 0 spiro atoms. The van der Waals surface area contributed by atoms with Crippen LogP contribution in [-0.4, -0.2) is 31.5 Å². The number of hydrazone groups is 1. The van der Waals surface area contributed by atoms with Gasteiger partial charge in [0.2, 0.25) is 5.17 Å². The lowest BCUT2D eigenvalue weighted by molar-refractivity contribution is -0.114. The number of fused-ring (bicyclic) bond motifs is 1. The number of aliphatic imine (C=N–C) groups is 1. The third-order valence-electron chi connectivity index (χ3n) is 5.19. The van der Waals surface area contributed by atoms with Crippen molar-refractivity contribution in [3.8, 4) is 5.69 Å². The Morgan fingerprint density at radius 2 is 1.94 bits per heavy atom. The quantitative estimate of drug-likeness (QED) is 0.573. The Balaban J connectivity index is 1.48. The number of nitrogens with one attached hydrogen (secondary N) is 1. The zero-order valence-corrected chi connectivity index (χ0v) is 18.6. The van der Waals surface area contributed by atoms with Gasteiger partial charge < -0.3 is 4.57 Å². The van der Waals surface area contributed by atoms with Crippen LogP contribution in [0.1, 0.15) is 21.8 Å². The van der Waals surface area contributed by atoms with Gasteiger partial charge in [-0.2, -0.15) is 15.1 Å². The van der Waals surface area contributed by atoms with Crippen LogP contribution in [0, 0.1) is 19.3 Å². The van der Waals surface area contributed by atoms with Crippen molar-refractivity contribution in [3.63, 3.8) is 0 Å². The maximum Gasteiger partial charge on any atom is 0.283 e. The van der Waals surface area contributed by atoms with Gasteiger partial charge in [-0.25, -0.2) is 0 Å². The molecule has 8 heteroatoms. The number of rotatable bonds is 4. The fourth-order valence-corrected chi connectivity index (χ4v) is 5.44. The highest BCUT2D eigenvalue weighted by molar-refractivity contribution is 8.27. The van der Waals surface area contributed by atoms with Crippen molar-refractivity contribution in [2.75, 3.05) is 0 Å². The standard InChI is InChI=1S/C23H19N5OS2/c1-14-11-16(15(2)27(14)17-7-4-3-5-8-17)12-19-21(24)28-23(25-22(19)29)31-20(26-28)13-18-9-6-10-30-18/h3-12,24H,13H2,1-2H3. The molecule has 5 rings (SSSR count). The molecule has 0 saturated heterocycles. The second-order valence-electron chi connectivity index (χ2n) is 7.27. The predicted octanol–water partition coefficient (Wildman–Crippen LogP) is 5.02. The first-order valence-electron chi connectivity index (χ1n) is 9.77. The Labute approximate surface area is 188 Å². The van der Waals surface area contributed by atoms with E-state index in [-0.39, 0.29) is 11.4 Å². The molecular weight excluding hydrogens is 426 g/mol. The summed E-state index contributed by atoms with van der Waals surface area (Å²) < 4.78 is 2.14. The number of amides is 1. The molecule has 2 aromatic heterocycles. The molecule has 154 valence electrons. The molecule has 0 atom stereocenters. The molecule has 6 nitrogen and oxygen atoms in total. The van der Waals surface area contributed by atoms with Crippen LogP contribution >= 0.6 is 23.1 Å². The zero-order chi connectivity index (χ0) is 21.5. The lowest BCUT2D eigenvalue weighted by Crippen LogP contribution is -2.35. The van der Waals surface area contributed by atoms with E-state index >= 15 is 0 Å². The van der Waals surface area contributed by atoms with E-state index in [9.17, 15) is 4.79 Å². The number of aryl methyl sites for hydroxylation is 1. The molecule has 0 saturated carbocycles. The summed E-state index contributed by atoms with van der Waals surface area (Å²) >= 11 is 3.02. The Kier molecular flexibility index (Phi) is 4.95. The molecule has 2 aliphatic heterocycles. The van der Waals surface area contributed by atoms with E-state index < -0.39 is 5.91 Å². The highest BCUT2D eigenvalue weighted by atomic mass is 32.2. The van der Waals surface area contributed by atoms with E-state index in [1.54, 1.807) is 17.4 Å². The maximum absolute atomic E-state index is 12.8. The summed E-state index contributed by atoms with van der Waals surface area (Å²) in [5.41, 5.74) is 4.26. The number of hydrogen-bond donors (Lipinski definition) is 1. The number of carbonyl (C=O) groups is 1. The van der Waals surface area contributed by atoms with Gasteiger partial charge in [-0.05, 0) is 66.9 Å². The van der Waals surface area contributed by atoms with E-state index in [4.69, 9.17) is 5.41 Å². The van der Waals surface area contributed by atoms with E-state index in [0.29, 0.717) is 11.6 Å². The van der Waals surface area contributed by atoms with E-state index in [1.807, 2.05) is 61.7 Å². The normalized spacial score (nSPS) is 17.2. The summed E-state index contributed by atoms with van der Waals surface area (Å²) in [6.07, 6.45) is 2.43. The molecule has 31 heavy (non-hydrogen) atoms. The molecule has 0 fully saturated rings. The fraction of sp³-hybridized carbons (Fsp3) is 0.130. The number of thiophene rings is 1. The van der Waals surface area contributed by atoms with E-state index in [0.717, 1.165) is 27.7 Å². The second-order valence-corrected chi connectivity index (χ2v) is 9.34. The van der Waals surface area contributed by atoms with Crippen molar-refractivity contribution in [1.82, 2.24) is 9.58 Å². The van der Waals surface area contributed by atoms with E-state index in [2.05, 4.69) is 20.7 Å². The number of amidine groups is 2. The van der Waals surface area contributed by atoms with Crippen LogP contribution in [-0.2, 0) is 11.2 Å². The van der Waals surface area contributed by atoms with Crippen LogP contribution < -0.4 is 0 Å². The number of para-hydroxylation sites is 1. The van der Waals surface area contributed by atoms with Crippen LogP contribution in [0.15, 0.2) is 69.6 Å². The highest BCUT2D eigenvalue weighted by Gasteiger charge is 2.35. The molecule has 3 aromatic rings. The molecule has 0 bridgehead atoms. The third kappa shape index (κ3) is 3.58. The van der Waals surface area contributed by atoms with Crippen LogP contribution in [0.25, 0.3) is 11.8 Å². The molecule has 2 aliphatic rings. The van der Waals surface area contributed by atoms with Crippen molar-refractivity contribution in [2.45, 2.75) is 20.3 Å². The Morgan fingerprint density at radius 3 is 2.68 bits per heavy atom. The highest BCUT2D eigenvalue weighted by Crippen LogP contribution is 2.31. The average Bonchev–Trinajstić information content (AvgIpc) is 3.46. The largest absolute Gasteiger partial charge is 0.318 e. The molecule has 1 amide bonds. The molecule has 0 unspecified atom stereocenters. The van der Waals surface area contributed by atoms with Crippen LogP contribution in [0.3, 0.4) is 0 Å². The van der Waals surface area contributed by atoms with Gasteiger partial charge in [-0.3, -0.25) is 10.2 Å². The number of aromatic nitrogens is 1. The average molecular weight is 446 g/mol. The summed E-state index contributed by atoms with van der Waals surface area (Å²) in [7, 11) is 0. The Bertz CT molecular complexity index is 1280. The minimum absolute atomic E-state index is 0.0631. The van der Waals surface area contributed by atoms with Crippen LogP contribution in [0.4, 0.5) is 0 Å². The number of nitrogens with zero attached hydrogens (tertiary/aromatic N) is 4. The molecule has 1 aromatic carbocycles. The molecule has 1 N–H and O–H groups in total. The topological polar surface area (TPSA) is 73.8 Å². The first-order chi connectivity index (χ1) is 15.0. The second kappa shape index (κ2) is 7.79. The fourth-order valence-electron chi connectivity index (χ4n) is 3.73. The molecule has 4 heterocycles. The van der Waals surface area contributed by atoms with Crippen molar-refractivity contribution >= 4 is 51.1 Å². The van der Waals surface area contributed by atoms with Crippen molar-refractivity contribution in [3.05, 3.63) is 81.3 Å². The minimum Gasteiger partial charge on any atom is -0.318 e. The summed E-state index contributed by atoms with van der Waals surface area (Å²) in [5, 5.41) is 18.0. The Hall–Kier alpha value is -3.23. The van der Waals surface area contributed by atoms with Gasteiger partial charge in [0.15, 0.2) is 5.84 Å². The van der Waals surface area contributed by atoms with Gasteiger partial charge in [0.05, 0.1) is 5.57 Å². The van der Waals surface area contributed by atoms with Gasteiger partial charge in [0, 0.05) is 28.4 Å². The lowest BCUT2D eigenvalue weighted by Gasteiger charge is -2.20. The predicted molar refractivity (Wildman–Crippen MR) is 128 cm³/mol. The van der Waals surface area contributed by atoms with Gasteiger partial charge in [0.1, 0.15) is 5.04 Å². The van der Waals surface area contributed by atoms with Crippen molar-refractivity contribution in [1.29, 1.82) is 5.41 Å². The van der Waals surface area contributed by atoms with Crippen LogP contribution in [0.5, 0.6) is 0 Å². The minimum atomic E-state index is -0.402. The van der Waals surface area contributed by atoms with Crippen molar-refractivity contribution in [2.24, 2.45) is 10.1 Å². The van der Waals surface area contributed by atoms with Gasteiger partial charge in [-0.1, -0.05) is 24.3 Å². The van der Waals surface area contributed by atoms with Gasteiger partial charge >= 0.3 is 0 Å². The molecule has 0 radical (unpaired) electrons. The molecule has 0 aliphatic carbocycles. The summed E-state index contributed by atoms with van der Waals surface area (Å²) in [6, 6.07) is 16.2. The van der Waals surface area contributed by atoms with E-state index in [1.165, 1.54) is 21.6 Å². The summed E-state index contributed by atoms with van der Waals surface area (Å²) in [6.45, 7) is 4.05. The van der Waals surface area contributed by atoms with Gasteiger partial charge in [-0.15, -0.1) is 11.3 Å². The lowest BCUT2D eigenvalue weighted by atomic mass is 10.1. The monoisotopic (exact) mass is 445 g/mol. The van der Waals surface area contributed by atoms with Crippen LogP contribution in [0.2, 0.25) is 0 Å². The number of carbonyl (C=O) groups excluding carboxylic acids is 1. The SMILES string of the molecule is Cc1cc(C=C2C(=N)N3N=C(Cc4cccs4)SC3=NC2=O)c(C)n1-c1ccccc1. The number of hydrogen-bond acceptors (Lipinski definition) is 5. The number of benzene rings is 1. The number of thioether (sulfide) groups is 1. The summed E-state index contributed by atoms with van der Waals surface area (Å²) in [5.74, 6) is -0.339. The first kappa shape index (κ1) is 19.7. The maximum atomic E-state index is 12.8. The van der Waals surface area contributed by atoms with Crippen molar-refractivity contribution < 1.29 is 4.79 Å². The molecular formula is C23H19N5OS2. The smallest absolute Gasteiger partial charge is 0.283 e. The van der Waals surface area contributed by atoms with Gasteiger partial charge in [0.25, 0.3) is 5.91 Å². The summed E-state index contributed by atoms with van der Waals surface area (Å²) in [4.78, 5) is 18.2. The third-order valence-corrected chi connectivity index (χ3v) is 6.97. The Morgan fingerprint density at radius 1 is 1.13 bits per heavy atom. The first-order valence-corrected chi connectivity index (χ1v) is 11.5.